The molecule has 0 aromatic carbocycles. The minimum atomic E-state index is 0.164. The van der Waals surface area contributed by atoms with E-state index in [1.54, 1.807) is 0 Å². The molecule has 1 atom stereocenters. The smallest absolute Gasteiger partial charge is 0.224 e. The van der Waals surface area contributed by atoms with Gasteiger partial charge in [0.25, 0.3) is 0 Å². The zero-order valence-corrected chi connectivity index (χ0v) is 16.7. The number of nitrogens with zero attached hydrogens (tertiary/aromatic N) is 4. The summed E-state index contributed by atoms with van der Waals surface area (Å²) in [5.74, 6) is 0.410. The molecule has 1 aromatic heterocycles. The molecular weight excluding hydrogens is 326 g/mol. The fraction of sp³-hybridized carbons (Fsp3) is 0.800. The Kier molecular flexibility index (Phi) is 6.70. The van der Waals surface area contributed by atoms with E-state index >= 15 is 0 Å². The third-order valence-electron chi connectivity index (χ3n) is 5.98. The van der Waals surface area contributed by atoms with Gasteiger partial charge in [-0.05, 0) is 78.7 Å². The molecule has 0 unspecified atom stereocenters. The highest BCUT2D eigenvalue weighted by atomic mass is 16.1. The SMILES string of the molecule is Cc1cc(C)n(CCCNC(=O)[C@@H]2CCCN(C3CCN(C)CC3)C2)n1. The first-order valence-electron chi connectivity index (χ1n) is 10.2. The van der Waals surface area contributed by atoms with Gasteiger partial charge in [0.2, 0.25) is 5.91 Å². The molecule has 1 amide bonds. The van der Waals surface area contributed by atoms with Gasteiger partial charge >= 0.3 is 0 Å². The van der Waals surface area contributed by atoms with Gasteiger partial charge < -0.3 is 10.2 Å². The van der Waals surface area contributed by atoms with Crippen LogP contribution in [0.5, 0.6) is 0 Å². The van der Waals surface area contributed by atoms with E-state index in [0.29, 0.717) is 6.04 Å². The van der Waals surface area contributed by atoms with Crippen LogP contribution in [0.25, 0.3) is 0 Å². The number of rotatable bonds is 6. The molecular formula is C20H35N5O. The second kappa shape index (κ2) is 9.00. The third-order valence-corrected chi connectivity index (χ3v) is 5.98. The van der Waals surface area contributed by atoms with Gasteiger partial charge in [-0.2, -0.15) is 5.10 Å². The van der Waals surface area contributed by atoms with Gasteiger partial charge in [0.15, 0.2) is 0 Å². The number of hydrogen-bond donors (Lipinski definition) is 1. The highest BCUT2D eigenvalue weighted by molar-refractivity contribution is 5.78. The maximum atomic E-state index is 12.6. The molecule has 2 aliphatic heterocycles. The quantitative estimate of drug-likeness (QED) is 0.785. The lowest BCUT2D eigenvalue weighted by Gasteiger charge is -2.41. The fourth-order valence-corrected chi connectivity index (χ4v) is 4.40. The van der Waals surface area contributed by atoms with Crippen LogP contribution in [-0.2, 0) is 11.3 Å². The number of likely N-dealkylation sites (tertiary alicyclic amines) is 2. The highest BCUT2D eigenvalue weighted by Gasteiger charge is 2.30. The van der Waals surface area contributed by atoms with Crippen molar-refractivity contribution in [3.05, 3.63) is 17.5 Å². The molecule has 0 bridgehead atoms. The molecule has 2 saturated heterocycles. The lowest BCUT2D eigenvalue weighted by Crippen LogP contribution is -2.50. The van der Waals surface area contributed by atoms with Crippen LogP contribution in [0.2, 0.25) is 0 Å². The van der Waals surface area contributed by atoms with Gasteiger partial charge in [0.1, 0.15) is 0 Å². The number of aryl methyl sites for hydroxylation is 3. The average Bonchev–Trinajstić information content (AvgIpc) is 2.96. The van der Waals surface area contributed by atoms with Crippen LogP contribution in [0.4, 0.5) is 0 Å². The summed E-state index contributed by atoms with van der Waals surface area (Å²) in [5, 5.41) is 7.64. The standard InChI is InChI=1S/C20H35N5O/c1-16-14-17(2)25(22-16)11-5-9-21-20(26)18-6-4-10-24(15-18)19-7-12-23(3)13-8-19/h14,18-19H,4-13,15H2,1-3H3,(H,21,26)/t18-/m1/s1. The normalized spacial score (nSPS) is 23.3. The predicted octanol–water partition coefficient (Wildman–Crippen LogP) is 1.81. The van der Waals surface area contributed by atoms with Crippen molar-refractivity contribution >= 4 is 5.91 Å². The summed E-state index contributed by atoms with van der Waals surface area (Å²) in [7, 11) is 2.20. The summed E-state index contributed by atoms with van der Waals surface area (Å²) < 4.78 is 2.03. The Labute approximate surface area is 157 Å². The zero-order valence-electron chi connectivity index (χ0n) is 16.7. The number of aromatic nitrogens is 2. The Morgan fingerprint density at radius 1 is 1.23 bits per heavy atom. The van der Waals surface area contributed by atoms with Crippen molar-refractivity contribution in [3.63, 3.8) is 0 Å². The maximum Gasteiger partial charge on any atom is 0.224 e. The number of amides is 1. The Hall–Kier alpha value is -1.40. The molecule has 2 aliphatic rings. The molecule has 0 spiro atoms. The van der Waals surface area contributed by atoms with Gasteiger partial charge in [-0.15, -0.1) is 0 Å². The van der Waals surface area contributed by atoms with Crippen molar-refractivity contribution in [1.29, 1.82) is 0 Å². The first-order chi connectivity index (χ1) is 12.5. The largest absolute Gasteiger partial charge is 0.356 e. The van der Waals surface area contributed by atoms with E-state index in [1.165, 1.54) is 31.6 Å². The Morgan fingerprint density at radius 2 is 2.00 bits per heavy atom. The van der Waals surface area contributed by atoms with E-state index in [9.17, 15) is 4.79 Å². The number of hydrogen-bond acceptors (Lipinski definition) is 4. The molecule has 6 heteroatoms. The number of carbonyl (C=O) groups is 1. The van der Waals surface area contributed by atoms with Gasteiger partial charge in [0, 0.05) is 31.4 Å². The topological polar surface area (TPSA) is 53.4 Å². The van der Waals surface area contributed by atoms with E-state index in [0.717, 1.165) is 51.1 Å². The maximum absolute atomic E-state index is 12.6. The monoisotopic (exact) mass is 361 g/mol. The van der Waals surface area contributed by atoms with Crippen LogP contribution in [0.3, 0.4) is 0 Å². The molecule has 2 fully saturated rings. The summed E-state index contributed by atoms with van der Waals surface area (Å²) in [6.07, 6.45) is 5.60. The minimum absolute atomic E-state index is 0.164. The predicted molar refractivity (Wildman–Crippen MR) is 104 cm³/mol. The Morgan fingerprint density at radius 3 is 2.69 bits per heavy atom. The summed E-state index contributed by atoms with van der Waals surface area (Å²) >= 11 is 0. The molecule has 1 N–H and O–H groups in total. The van der Waals surface area contributed by atoms with Crippen molar-refractivity contribution < 1.29 is 4.79 Å². The van der Waals surface area contributed by atoms with Crippen molar-refractivity contribution in [3.8, 4) is 0 Å². The van der Waals surface area contributed by atoms with Crippen molar-refractivity contribution in [2.24, 2.45) is 5.92 Å². The minimum Gasteiger partial charge on any atom is -0.356 e. The van der Waals surface area contributed by atoms with E-state index in [4.69, 9.17) is 0 Å². The molecule has 3 heterocycles. The summed E-state index contributed by atoms with van der Waals surface area (Å²) in [6, 6.07) is 2.77. The lowest BCUT2D eigenvalue weighted by atomic mass is 9.93. The molecule has 6 nitrogen and oxygen atoms in total. The van der Waals surface area contributed by atoms with Gasteiger partial charge in [-0.1, -0.05) is 0 Å². The summed E-state index contributed by atoms with van der Waals surface area (Å²) in [6.45, 7) is 10.2. The van der Waals surface area contributed by atoms with Crippen molar-refractivity contribution in [2.45, 2.75) is 58.5 Å². The van der Waals surface area contributed by atoms with Crippen molar-refractivity contribution in [1.82, 2.24) is 24.9 Å². The molecule has 3 rings (SSSR count). The lowest BCUT2D eigenvalue weighted by molar-refractivity contribution is -0.127. The van der Waals surface area contributed by atoms with E-state index < -0.39 is 0 Å². The van der Waals surface area contributed by atoms with Crippen LogP contribution in [0.1, 0.15) is 43.5 Å². The van der Waals surface area contributed by atoms with E-state index in [2.05, 4.69) is 40.3 Å². The molecule has 146 valence electrons. The Balaban J connectivity index is 1.39. The van der Waals surface area contributed by atoms with E-state index in [1.807, 2.05) is 11.6 Å². The third kappa shape index (κ3) is 5.07. The molecule has 26 heavy (non-hydrogen) atoms. The fourth-order valence-electron chi connectivity index (χ4n) is 4.40. The highest BCUT2D eigenvalue weighted by Crippen LogP contribution is 2.23. The second-order valence-corrected chi connectivity index (χ2v) is 8.16. The Bertz CT molecular complexity index is 591. The van der Waals surface area contributed by atoms with Crippen molar-refractivity contribution in [2.75, 3.05) is 39.8 Å². The van der Waals surface area contributed by atoms with Gasteiger partial charge in [-0.25, -0.2) is 0 Å². The van der Waals surface area contributed by atoms with Gasteiger partial charge in [-0.3, -0.25) is 14.4 Å². The molecule has 0 saturated carbocycles. The zero-order chi connectivity index (χ0) is 18.5. The summed E-state index contributed by atoms with van der Waals surface area (Å²) in [5.41, 5.74) is 2.25. The first kappa shape index (κ1) is 19.4. The average molecular weight is 362 g/mol. The molecule has 0 radical (unpaired) electrons. The van der Waals surface area contributed by atoms with Crippen LogP contribution >= 0.6 is 0 Å². The number of carbonyl (C=O) groups excluding carboxylic acids is 1. The summed E-state index contributed by atoms with van der Waals surface area (Å²) in [4.78, 5) is 17.6. The van der Waals surface area contributed by atoms with Crippen LogP contribution < -0.4 is 5.32 Å². The number of nitrogens with one attached hydrogen (secondary N) is 1. The first-order valence-corrected chi connectivity index (χ1v) is 10.2. The second-order valence-electron chi connectivity index (χ2n) is 8.16. The van der Waals surface area contributed by atoms with E-state index in [-0.39, 0.29) is 11.8 Å². The van der Waals surface area contributed by atoms with Crippen LogP contribution in [0, 0.1) is 19.8 Å². The molecule has 0 aliphatic carbocycles. The van der Waals surface area contributed by atoms with Crippen LogP contribution in [-0.4, -0.2) is 71.3 Å². The van der Waals surface area contributed by atoms with Gasteiger partial charge in [0.05, 0.1) is 11.6 Å². The van der Waals surface area contributed by atoms with Crippen LogP contribution in [0.15, 0.2) is 6.07 Å². The number of piperidine rings is 2. The molecule has 1 aromatic rings.